The van der Waals surface area contributed by atoms with Crippen molar-refractivity contribution in [3.8, 4) is 0 Å². The summed E-state index contributed by atoms with van der Waals surface area (Å²) < 4.78 is 0. The highest BCUT2D eigenvalue weighted by atomic mass is 32.1. The van der Waals surface area contributed by atoms with Gasteiger partial charge in [-0.2, -0.15) is 0 Å². The summed E-state index contributed by atoms with van der Waals surface area (Å²) in [5.41, 5.74) is 0.405. The van der Waals surface area contributed by atoms with E-state index in [1.807, 2.05) is 0 Å². The molecule has 72 valence electrons. The van der Waals surface area contributed by atoms with E-state index in [0.717, 1.165) is 11.3 Å². The zero-order valence-electron chi connectivity index (χ0n) is 6.81. The van der Waals surface area contributed by atoms with Crippen LogP contribution < -0.4 is 5.32 Å². The summed E-state index contributed by atoms with van der Waals surface area (Å²) in [7, 11) is 0. The minimum atomic E-state index is -1.60. The summed E-state index contributed by atoms with van der Waals surface area (Å²) in [6.45, 7) is 0. The molecular weight excluding hydrogens is 206 g/mol. The fourth-order valence-corrected chi connectivity index (χ4v) is 2.10. The van der Waals surface area contributed by atoms with Gasteiger partial charge < -0.3 is 10.4 Å². The van der Waals surface area contributed by atoms with Crippen LogP contribution in [0.2, 0.25) is 0 Å². The lowest BCUT2D eigenvalue weighted by Crippen LogP contribution is -2.39. The van der Waals surface area contributed by atoms with Gasteiger partial charge in [0.2, 0.25) is 5.91 Å². The molecule has 1 aromatic rings. The quantitative estimate of drug-likeness (QED) is 0.665. The number of anilines is 1. The van der Waals surface area contributed by atoms with Crippen molar-refractivity contribution in [2.24, 2.45) is 5.92 Å². The number of nitrogens with one attached hydrogen (secondary N) is 1. The van der Waals surface area contributed by atoms with Crippen molar-refractivity contribution in [2.75, 3.05) is 5.32 Å². The fourth-order valence-electron chi connectivity index (χ4n) is 1.28. The largest absolute Gasteiger partial charge is 0.480 e. The van der Waals surface area contributed by atoms with Crippen molar-refractivity contribution in [1.82, 2.24) is 0 Å². The van der Waals surface area contributed by atoms with Gasteiger partial charge in [-0.25, -0.2) is 0 Å². The van der Waals surface area contributed by atoms with Gasteiger partial charge in [-0.3, -0.25) is 14.4 Å². The Morgan fingerprint density at radius 2 is 2.21 bits per heavy atom. The molecule has 0 bridgehead atoms. The predicted molar refractivity (Wildman–Crippen MR) is 48.4 cm³/mol. The minimum Gasteiger partial charge on any atom is -0.480 e. The summed E-state index contributed by atoms with van der Waals surface area (Å²) >= 11 is 1.13. The van der Waals surface area contributed by atoms with Gasteiger partial charge in [0.1, 0.15) is 0 Å². The fraction of sp³-hybridized carbons (Fsp3) is 0.125. The molecule has 1 unspecified atom stereocenters. The number of Topliss-reactive ketones (excluding diaryl/α,β-unsaturated/α-hetero) is 1. The second-order valence-corrected chi connectivity index (χ2v) is 3.70. The number of carboxylic acid groups (broad SMARTS) is 1. The standard InChI is InChI=1S/C8H5NO4S/c10-5-4(8(12)13)7(11)9-3-1-2-14-6(3)5/h1-2,4H,(H,9,11)(H,12,13). The Hall–Kier alpha value is -1.69. The maximum absolute atomic E-state index is 11.5. The number of thiophene rings is 1. The summed E-state index contributed by atoms with van der Waals surface area (Å²) in [6.07, 6.45) is 0. The van der Waals surface area contributed by atoms with E-state index >= 15 is 0 Å². The first-order valence-electron chi connectivity index (χ1n) is 3.76. The van der Waals surface area contributed by atoms with Crippen LogP contribution in [-0.4, -0.2) is 22.8 Å². The number of hydrogen-bond donors (Lipinski definition) is 2. The molecule has 1 aliphatic rings. The highest BCUT2D eigenvalue weighted by Crippen LogP contribution is 2.30. The molecule has 2 rings (SSSR count). The van der Waals surface area contributed by atoms with Crippen LogP contribution in [-0.2, 0) is 9.59 Å². The summed E-state index contributed by atoms with van der Waals surface area (Å²) in [5, 5.41) is 12.7. The van der Waals surface area contributed by atoms with Gasteiger partial charge in [0.05, 0.1) is 10.6 Å². The van der Waals surface area contributed by atoms with Crippen molar-refractivity contribution in [1.29, 1.82) is 0 Å². The summed E-state index contributed by atoms with van der Waals surface area (Å²) in [5.74, 6) is -4.41. The van der Waals surface area contributed by atoms with Crippen LogP contribution in [0.15, 0.2) is 11.4 Å². The average molecular weight is 211 g/mol. The molecule has 0 aliphatic carbocycles. The molecular formula is C8H5NO4S. The first-order chi connectivity index (χ1) is 6.61. The first-order valence-corrected chi connectivity index (χ1v) is 4.64. The van der Waals surface area contributed by atoms with E-state index in [4.69, 9.17) is 5.11 Å². The van der Waals surface area contributed by atoms with Gasteiger partial charge in [-0.1, -0.05) is 0 Å². The molecule has 1 aliphatic heterocycles. The molecule has 2 N–H and O–H groups in total. The molecule has 1 aromatic heterocycles. The molecule has 0 saturated carbocycles. The number of ketones is 1. The van der Waals surface area contributed by atoms with E-state index in [0.29, 0.717) is 10.6 Å². The van der Waals surface area contributed by atoms with Crippen LogP contribution >= 0.6 is 11.3 Å². The van der Waals surface area contributed by atoms with Gasteiger partial charge in [0, 0.05) is 0 Å². The number of carbonyl (C=O) groups is 3. The van der Waals surface area contributed by atoms with Crippen molar-refractivity contribution >= 4 is 34.7 Å². The smallest absolute Gasteiger partial charge is 0.324 e. The lowest BCUT2D eigenvalue weighted by molar-refractivity contribution is -0.143. The molecule has 6 heteroatoms. The van der Waals surface area contributed by atoms with Gasteiger partial charge >= 0.3 is 5.97 Å². The summed E-state index contributed by atoms with van der Waals surface area (Å²) in [6, 6.07) is 1.58. The van der Waals surface area contributed by atoms with Crippen LogP contribution in [0.3, 0.4) is 0 Å². The highest BCUT2D eigenvalue weighted by Gasteiger charge is 2.40. The molecule has 5 nitrogen and oxygen atoms in total. The molecule has 0 radical (unpaired) electrons. The van der Waals surface area contributed by atoms with E-state index < -0.39 is 23.6 Å². The molecule has 14 heavy (non-hydrogen) atoms. The molecule has 0 aromatic carbocycles. The van der Waals surface area contributed by atoms with Crippen molar-refractivity contribution in [3.05, 3.63) is 16.3 Å². The lowest BCUT2D eigenvalue weighted by Gasteiger charge is -2.17. The molecule has 2 heterocycles. The zero-order chi connectivity index (χ0) is 10.3. The second kappa shape index (κ2) is 2.91. The SMILES string of the molecule is O=C(O)C1C(=O)Nc2ccsc2C1=O. The van der Waals surface area contributed by atoms with Crippen LogP contribution in [0, 0.1) is 5.92 Å². The van der Waals surface area contributed by atoms with Crippen molar-refractivity contribution in [2.45, 2.75) is 0 Å². The maximum atomic E-state index is 11.5. The van der Waals surface area contributed by atoms with E-state index in [2.05, 4.69) is 5.32 Å². The minimum absolute atomic E-state index is 0.303. The van der Waals surface area contributed by atoms with Crippen molar-refractivity contribution < 1.29 is 19.5 Å². The Labute approximate surface area is 82.4 Å². The van der Waals surface area contributed by atoms with Gasteiger partial charge in [0.25, 0.3) is 0 Å². The number of rotatable bonds is 1. The maximum Gasteiger partial charge on any atom is 0.324 e. The Kier molecular flexibility index (Phi) is 1.85. The van der Waals surface area contributed by atoms with E-state index in [9.17, 15) is 14.4 Å². The van der Waals surface area contributed by atoms with Crippen LogP contribution in [0.25, 0.3) is 0 Å². The zero-order valence-corrected chi connectivity index (χ0v) is 7.63. The number of carbonyl (C=O) groups excluding carboxylic acids is 2. The Morgan fingerprint density at radius 1 is 1.50 bits per heavy atom. The van der Waals surface area contributed by atoms with Crippen LogP contribution in [0.1, 0.15) is 9.67 Å². The molecule has 1 atom stereocenters. The van der Waals surface area contributed by atoms with Gasteiger partial charge in [-0.15, -0.1) is 11.3 Å². The second-order valence-electron chi connectivity index (χ2n) is 2.79. The average Bonchev–Trinajstić information content (AvgIpc) is 2.50. The first kappa shape index (κ1) is 8.89. The third-order valence-corrected chi connectivity index (χ3v) is 2.85. The number of fused-ring (bicyclic) bond motifs is 1. The normalized spacial score (nSPS) is 20.1. The van der Waals surface area contributed by atoms with Crippen LogP contribution in [0.5, 0.6) is 0 Å². The van der Waals surface area contributed by atoms with Crippen molar-refractivity contribution in [3.63, 3.8) is 0 Å². The van der Waals surface area contributed by atoms with E-state index in [1.165, 1.54) is 0 Å². The predicted octanol–water partition coefficient (Wildman–Crippen LogP) is 0.584. The Balaban J connectivity index is 2.49. The van der Waals surface area contributed by atoms with E-state index in [1.54, 1.807) is 11.4 Å². The third kappa shape index (κ3) is 1.12. The number of hydrogen-bond acceptors (Lipinski definition) is 4. The lowest BCUT2D eigenvalue weighted by atomic mass is 9.98. The molecule has 1 amide bonds. The highest BCUT2D eigenvalue weighted by molar-refractivity contribution is 7.13. The Morgan fingerprint density at radius 3 is 2.86 bits per heavy atom. The number of aliphatic carboxylic acids is 1. The molecule has 0 fully saturated rings. The topological polar surface area (TPSA) is 83.5 Å². The third-order valence-electron chi connectivity index (χ3n) is 1.92. The van der Waals surface area contributed by atoms with Crippen LogP contribution in [0.4, 0.5) is 5.69 Å². The monoisotopic (exact) mass is 211 g/mol. The van der Waals surface area contributed by atoms with E-state index in [-0.39, 0.29) is 0 Å². The number of carboxylic acids is 1. The summed E-state index contributed by atoms with van der Waals surface area (Å²) in [4.78, 5) is 33.6. The molecule has 0 spiro atoms. The van der Waals surface area contributed by atoms with Gasteiger partial charge in [0.15, 0.2) is 11.7 Å². The Bertz CT molecular complexity index is 436. The van der Waals surface area contributed by atoms with Gasteiger partial charge in [-0.05, 0) is 11.4 Å². The molecule has 0 saturated heterocycles. The number of amides is 1.